The number of carboxylic acid groups (broad SMARTS) is 1. The smallest absolute Gasteiger partial charge is 0.407 e. The van der Waals surface area contributed by atoms with Crippen molar-refractivity contribution in [2.24, 2.45) is 0 Å². The van der Waals surface area contributed by atoms with Crippen molar-refractivity contribution in [3.05, 3.63) is 22.9 Å². The Kier molecular flexibility index (Phi) is 5.59. The summed E-state index contributed by atoms with van der Waals surface area (Å²) in [7, 11) is 0. The molecule has 1 aromatic rings. The molecule has 28 heavy (non-hydrogen) atoms. The van der Waals surface area contributed by atoms with Crippen molar-refractivity contribution in [3.8, 4) is 0 Å². The molecule has 2 fully saturated rings. The molecule has 3 heterocycles. The van der Waals surface area contributed by atoms with Crippen LogP contribution in [0.5, 0.6) is 0 Å². The summed E-state index contributed by atoms with van der Waals surface area (Å²) in [5.41, 5.74) is 0.0828. The molecule has 0 aromatic carbocycles. The quantitative estimate of drug-likeness (QED) is 0.737. The van der Waals surface area contributed by atoms with Gasteiger partial charge in [-0.2, -0.15) is 0 Å². The third-order valence-electron chi connectivity index (χ3n) is 4.63. The van der Waals surface area contributed by atoms with E-state index in [9.17, 15) is 19.5 Å². The normalized spacial score (nSPS) is 19.8. The standard InChI is InChI=1S/C18H23N5O4S/c1-18(2,3)23(17(26)27)12-5-8-22(9-6-12)15-19-7-4-11(20-15)10-13-14(24)21-16(25)28-13/h4,7,10,12H,5-6,8-9H2,1-3H3,(H,26,27)(H,21,24,25)/b13-10-. The maximum Gasteiger partial charge on any atom is 0.407 e. The van der Waals surface area contributed by atoms with Crippen LogP contribution in [-0.4, -0.2) is 61.9 Å². The number of imide groups is 1. The number of nitrogens with zero attached hydrogens (tertiary/aromatic N) is 4. The van der Waals surface area contributed by atoms with Crippen LogP contribution in [-0.2, 0) is 4.79 Å². The topological polar surface area (TPSA) is 116 Å². The summed E-state index contributed by atoms with van der Waals surface area (Å²) in [6, 6.07) is 1.62. The second-order valence-electron chi connectivity index (χ2n) is 7.68. The van der Waals surface area contributed by atoms with Crippen LogP contribution in [0.25, 0.3) is 6.08 Å². The van der Waals surface area contributed by atoms with Crippen LogP contribution in [0.3, 0.4) is 0 Å². The van der Waals surface area contributed by atoms with E-state index in [1.807, 2.05) is 25.7 Å². The van der Waals surface area contributed by atoms with Crippen LogP contribution < -0.4 is 10.2 Å². The summed E-state index contributed by atoms with van der Waals surface area (Å²) in [5.74, 6) is 0.104. The van der Waals surface area contributed by atoms with E-state index in [0.717, 1.165) is 11.8 Å². The lowest BCUT2D eigenvalue weighted by Crippen LogP contribution is -2.54. The number of aromatic nitrogens is 2. The molecule has 1 aromatic heterocycles. The fourth-order valence-corrected chi connectivity index (χ4v) is 4.13. The molecular formula is C18H23N5O4S. The highest BCUT2D eigenvalue weighted by Crippen LogP contribution is 2.27. The largest absolute Gasteiger partial charge is 0.465 e. The van der Waals surface area contributed by atoms with Gasteiger partial charge in [0.1, 0.15) is 0 Å². The fourth-order valence-electron chi connectivity index (χ4n) is 3.46. The van der Waals surface area contributed by atoms with Crippen molar-refractivity contribution in [1.82, 2.24) is 20.2 Å². The summed E-state index contributed by atoms with van der Waals surface area (Å²) in [4.78, 5) is 47.3. The Morgan fingerprint density at radius 3 is 2.57 bits per heavy atom. The summed E-state index contributed by atoms with van der Waals surface area (Å²) in [6.07, 6.45) is 3.64. The number of carbonyl (C=O) groups is 3. The molecule has 0 saturated carbocycles. The Hall–Kier alpha value is -2.62. The summed E-state index contributed by atoms with van der Waals surface area (Å²) < 4.78 is 0. The lowest BCUT2D eigenvalue weighted by molar-refractivity contribution is -0.115. The van der Waals surface area contributed by atoms with Crippen LogP contribution in [0, 0.1) is 0 Å². The van der Waals surface area contributed by atoms with Gasteiger partial charge in [0.15, 0.2) is 0 Å². The minimum atomic E-state index is -0.905. The predicted octanol–water partition coefficient (Wildman–Crippen LogP) is 2.55. The van der Waals surface area contributed by atoms with E-state index in [4.69, 9.17) is 0 Å². The zero-order valence-electron chi connectivity index (χ0n) is 16.0. The number of piperidine rings is 1. The molecule has 2 saturated heterocycles. The highest BCUT2D eigenvalue weighted by Gasteiger charge is 2.35. The second kappa shape index (κ2) is 7.78. The van der Waals surface area contributed by atoms with E-state index < -0.39 is 22.8 Å². The molecule has 2 aliphatic rings. The van der Waals surface area contributed by atoms with Crippen LogP contribution in [0.15, 0.2) is 17.2 Å². The van der Waals surface area contributed by atoms with Gasteiger partial charge >= 0.3 is 6.09 Å². The second-order valence-corrected chi connectivity index (χ2v) is 8.69. The first-order valence-corrected chi connectivity index (χ1v) is 9.82. The molecule has 0 unspecified atom stereocenters. The summed E-state index contributed by atoms with van der Waals surface area (Å²) in [5, 5.41) is 11.4. The number of thioether (sulfide) groups is 1. The monoisotopic (exact) mass is 405 g/mol. The van der Waals surface area contributed by atoms with Crippen LogP contribution in [0.1, 0.15) is 39.3 Å². The number of hydrogen-bond donors (Lipinski definition) is 2. The predicted molar refractivity (Wildman–Crippen MR) is 106 cm³/mol. The Labute approximate surface area is 167 Å². The average molecular weight is 405 g/mol. The molecule has 0 spiro atoms. The van der Waals surface area contributed by atoms with E-state index in [0.29, 0.717) is 42.5 Å². The lowest BCUT2D eigenvalue weighted by Gasteiger charge is -2.43. The number of anilines is 1. The maximum absolute atomic E-state index is 11.7. The molecule has 2 aliphatic heterocycles. The minimum Gasteiger partial charge on any atom is -0.465 e. The van der Waals surface area contributed by atoms with Gasteiger partial charge in [-0.3, -0.25) is 14.9 Å². The van der Waals surface area contributed by atoms with Crippen molar-refractivity contribution < 1.29 is 19.5 Å². The average Bonchev–Trinajstić information content (AvgIpc) is 2.91. The first-order valence-electron chi connectivity index (χ1n) is 9.00. The molecule has 0 aliphatic carbocycles. The zero-order valence-corrected chi connectivity index (χ0v) is 16.8. The van der Waals surface area contributed by atoms with Gasteiger partial charge in [0.05, 0.1) is 10.6 Å². The third kappa shape index (κ3) is 4.44. The van der Waals surface area contributed by atoms with E-state index >= 15 is 0 Å². The van der Waals surface area contributed by atoms with Gasteiger partial charge in [0, 0.05) is 30.9 Å². The highest BCUT2D eigenvalue weighted by molar-refractivity contribution is 8.18. The number of amides is 3. The summed E-state index contributed by atoms with van der Waals surface area (Å²) >= 11 is 0.845. The fraction of sp³-hybridized carbons (Fsp3) is 0.500. The van der Waals surface area contributed by atoms with Gasteiger partial charge in [-0.1, -0.05) is 0 Å². The molecule has 2 N–H and O–H groups in total. The molecule has 0 bridgehead atoms. The SMILES string of the molecule is CC(C)(C)N(C(=O)O)C1CCN(c2nccc(/C=C3\SC(=O)NC3=O)n2)CC1. The molecule has 3 rings (SSSR count). The van der Waals surface area contributed by atoms with Crippen LogP contribution in [0.4, 0.5) is 15.5 Å². The van der Waals surface area contributed by atoms with Gasteiger partial charge in [0.2, 0.25) is 5.95 Å². The molecule has 150 valence electrons. The molecule has 10 heteroatoms. The van der Waals surface area contributed by atoms with Crippen molar-refractivity contribution in [3.63, 3.8) is 0 Å². The third-order valence-corrected chi connectivity index (χ3v) is 5.44. The van der Waals surface area contributed by atoms with Gasteiger partial charge in [0.25, 0.3) is 11.1 Å². The Balaban J connectivity index is 1.70. The molecular weight excluding hydrogens is 382 g/mol. The van der Waals surface area contributed by atoms with Crippen molar-refractivity contribution in [2.45, 2.75) is 45.2 Å². The summed E-state index contributed by atoms with van der Waals surface area (Å²) in [6.45, 7) is 6.97. The molecule has 0 radical (unpaired) electrons. The first-order chi connectivity index (χ1) is 13.1. The minimum absolute atomic E-state index is 0.0522. The van der Waals surface area contributed by atoms with Gasteiger partial charge in [-0.15, -0.1) is 0 Å². The van der Waals surface area contributed by atoms with E-state index in [-0.39, 0.29) is 6.04 Å². The Bertz CT molecular complexity index is 828. The Morgan fingerprint density at radius 2 is 2.04 bits per heavy atom. The first kappa shape index (κ1) is 20.1. The van der Waals surface area contributed by atoms with Crippen molar-refractivity contribution >= 4 is 41.0 Å². The number of hydrogen-bond acceptors (Lipinski definition) is 7. The van der Waals surface area contributed by atoms with Crippen molar-refractivity contribution in [2.75, 3.05) is 18.0 Å². The van der Waals surface area contributed by atoms with Gasteiger partial charge in [-0.25, -0.2) is 14.8 Å². The van der Waals surface area contributed by atoms with Gasteiger partial charge in [-0.05, 0) is 57.5 Å². The van der Waals surface area contributed by atoms with E-state index in [2.05, 4.69) is 15.3 Å². The molecule has 9 nitrogen and oxygen atoms in total. The van der Waals surface area contributed by atoms with Gasteiger partial charge < -0.3 is 14.9 Å². The van der Waals surface area contributed by atoms with Crippen molar-refractivity contribution in [1.29, 1.82) is 0 Å². The van der Waals surface area contributed by atoms with Crippen LogP contribution in [0.2, 0.25) is 0 Å². The number of rotatable bonds is 3. The molecule has 0 atom stereocenters. The van der Waals surface area contributed by atoms with E-state index in [1.165, 1.54) is 4.90 Å². The number of nitrogens with one attached hydrogen (secondary N) is 1. The number of carbonyl (C=O) groups excluding carboxylic acids is 2. The lowest BCUT2D eigenvalue weighted by atomic mass is 9.97. The zero-order chi connectivity index (χ0) is 20.5. The van der Waals surface area contributed by atoms with Crippen LogP contribution >= 0.6 is 11.8 Å². The highest BCUT2D eigenvalue weighted by atomic mass is 32.2. The van der Waals surface area contributed by atoms with E-state index in [1.54, 1.807) is 18.3 Å². The maximum atomic E-state index is 11.7. The Morgan fingerprint density at radius 1 is 1.36 bits per heavy atom. The molecule has 3 amide bonds.